The Morgan fingerprint density at radius 3 is 2.65 bits per heavy atom. The number of halogens is 1. The molecule has 0 fully saturated rings. The molecule has 1 heterocycles. The lowest BCUT2D eigenvalue weighted by Crippen LogP contribution is -2.07. The first-order chi connectivity index (χ1) is 9.74. The number of ether oxygens (including phenoxy) is 2. The van der Waals surface area contributed by atoms with Gasteiger partial charge in [-0.1, -0.05) is 24.3 Å². The van der Waals surface area contributed by atoms with E-state index in [0.29, 0.717) is 25.0 Å². The molecule has 2 rings (SSSR count). The van der Waals surface area contributed by atoms with Crippen molar-refractivity contribution in [3.05, 3.63) is 46.1 Å². The number of anilines is 1. The van der Waals surface area contributed by atoms with Crippen molar-refractivity contribution in [2.24, 2.45) is 0 Å². The predicted octanol–water partition coefficient (Wildman–Crippen LogP) is 3.01. The van der Waals surface area contributed by atoms with Crippen LogP contribution < -0.4 is 10.1 Å². The van der Waals surface area contributed by atoms with Gasteiger partial charge < -0.3 is 14.8 Å². The second kappa shape index (κ2) is 7.21. The van der Waals surface area contributed by atoms with Crippen LogP contribution in [0.3, 0.4) is 0 Å². The summed E-state index contributed by atoms with van der Waals surface area (Å²) in [7, 11) is 3.26. The third-order valence-electron chi connectivity index (χ3n) is 2.76. The SMILES string of the molecule is COCc1ccccc1CNc1ncc(Br)c(OC)n1. The van der Waals surface area contributed by atoms with Crippen molar-refractivity contribution in [2.45, 2.75) is 13.2 Å². The van der Waals surface area contributed by atoms with Crippen molar-refractivity contribution in [3.8, 4) is 5.88 Å². The summed E-state index contributed by atoms with van der Waals surface area (Å²) in [6.45, 7) is 1.21. The minimum atomic E-state index is 0.507. The summed E-state index contributed by atoms with van der Waals surface area (Å²) in [5.74, 6) is 1.03. The fourth-order valence-corrected chi connectivity index (χ4v) is 2.13. The summed E-state index contributed by atoms with van der Waals surface area (Å²) in [5, 5.41) is 3.18. The lowest BCUT2D eigenvalue weighted by Gasteiger charge is -2.10. The zero-order chi connectivity index (χ0) is 14.4. The van der Waals surface area contributed by atoms with Gasteiger partial charge in [0.05, 0.1) is 24.4 Å². The van der Waals surface area contributed by atoms with Crippen molar-refractivity contribution in [1.29, 1.82) is 0 Å². The Hall–Kier alpha value is -1.66. The fourth-order valence-electron chi connectivity index (χ4n) is 1.78. The summed E-state index contributed by atoms with van der Waals surface area (Å²) in [6, 6.07) is 8.09. The van der Waals surface area contributed by atoms with Crippen molar-refractivity contribution in [1.82, 2.24) is 9.97 Å². The van der Waals surface area contributed by atoms with Crippen LogP contribution in [0, 0.1) is 0 Å². The molecule has 6 heteroatoms. The van der Waals surface area contributed by atoms with Gasteiger partial charge in [0.1, 0.15) is 0 Å². The largest absolute Gasteiger partial charge is 0.480 e. The molecule has 0 aliphatic rings. The Balaban J connectivity index is 2.09. The highest BCUT2D eigenvalue weighted by atomic mass is 79.9. The van der Waals surface area contributed by atoms with Crippen LogP contribution in [0.25, 0.3) is 0 Å². The van der Waals surface area contributed by atoms with Crippen LogP contribution in [0.5, 0.6) is 5.88 Å². The smallest absolute Gasteiger partial charge is 0.232 e. The van der Waals surface area contributed by atoms with Gasteiger partial charge in [0.2, 0.25) is 11.8 Å². The molecule has 0 aliphatic heterocycles. The van der Waals surface area contributed by atoms with E-state index >= 15 is 0 Å². The van der Waals surface area contributed by atoms with Gasteiger partial charge >= 0.3 is 0 Å². The summed E-state index contributed by atoms with van der Waals surface area (Å²) >= 11 is 3.32. The Kier molecular flexibility index (Phi) is 5.31. The first kappa shape index (κ1) is 14.7. The van der Waals surface area contributed by atoms with E-state index in [9.17, 15) is 0 Å². The molecule has 0 bridgehead atoms. The molecule has 0 amide bonds. The molecule has 0 spiro atoms. The first-order valence-corrected chi connectivity index (χ1v) is 6.90. The number of hydrogen-bond acceptors (Lipinski definition) is 5. The maximum Gasteiger partial charge on any atom is 0.232 e. The molecule has 0 atom stereocenters. The number of hydrogen-bond donors (Lipinski definition) is 1. The minimum absolute atomic E-state index is 0.507. The zero-order valence-corrected chi connectivity index (χ0v) is 13.0. The Morgan fingerprint density at radius 2 is 1.95 bits per heavy atom. The second-order valence-corrected chi connectivity index (χ2v) is 4.96. The molecule has 2 aromatic rings. The van der Waals surface area contributed by atoms with E-state index in [1.807, 2.05) is 18.2 Å². The summed E-state index contributed by atoms with van der Waals surface area (Å²) in [5.41, 5.74) is 2.30. The highest BCUT2D eigenvalue weighted by molar-refractivity contribution is 9.10. The molecular weight excluding hydrogens is 322 g/mol. The van der Waals surface area contributed by atoms with Gasteiger partial charge in [-0.3, -0.25) is 0 Å². The van der Waals surface area contributed by atoms with Crippen LogP contribution in [0.1, 0.15) is 11.1 Å². The normalized spacial score (nSPS) is 10.3. The van der Waals surface area contributed by atoms with Crippen LogP contribution in [0.4, 0.5) is 5.95 Å². The number of rotatable bonds is 6. The zero-order valence-electron chi connectivity index (χ0n) is 11.4. The van der Waals surface area contributed by atoms with Gasteiger partial charge in [-0.05, 0) is 27.1 Å². The topological polar surface area (TPSA) is 56.3 Å². The molecule has 106 valence electrons. The monoisotopic (exact) mass is 337 g/mol. The lowest BCUT2D eigenvalue weighted by atomic mass is 10.1. The van der Waals surface area contributed by atoms with E-state index in [-0.39, 0.29) is 0 Å². The Bertz CT molecular complexity index is 578. The fraction of sp³-hybridized carbons (Fsp3) is 0.286. The Morgan fingerprint density at radius 1 is 1.20 bits per heavy atom. The van der Waals surface area contributed by atoms with Crippen LogP contribution in [0.2, 0.25) is 0 Å². The molecule has 5 nitrogen and oxygen atoms in total. The number of nitrogens with one attached hydrogen (secondary N) is 1. The van der Waals surface area contributed by atoms with Crippen molar-refractivity contribution >= 4 is 21.9 Å². The molecule has 20 heavy (non-hydrogen) atoms. The highest BCUT2D eigenvalue weighted by Gasteiger charge is 2.06. The van der Waals surface area contributed by atoms with Crippen molar-refractivity contribution in [3.63, 3.8) is 0 Å². The van der Waals surface area contributed by atoms with Gasteiger partial charge in [-0.15, -0.1) is 0 Å². The predicted molar refractivity (Wildman–Crippen MR) is 80.8 cm³/mol. The molecule has 0 radical (unpaired) electrons. The van der Waals surface area contributed by atoms with E-state index in [1.165, 1.54) is 0 Å². The van der Waals surface area contributed by atoms with E-state index in [2.05, 4.69) is 37.3 Å². The summed E-state index contributed by atoms with van der Waals surface area (Å²) in [6.07, 6.45) is 1.66. The third kappa shape index (κ3) is 3.68. The standard InChI is InChI=1S/C14H16BrN3O2/c1-19-9-11-6-4-3-5-10(11)7-16-14-17-8-12(15)13(18-14)20-2/h3-6,8H,7,9H2,1-2H3,(H,16,17,18). The second-order valence-electron chi connectivity index (χ2n) is 4.11. The molecule has 0 saturated heterocycles. The van der Waals surface area contributed by atoms with Crippen LogP contribution in [0.15, 0.2) is 34.9 Å². The van der Waals surface area contributed by atoms with Crippen LogP contribution in [-0.2, 0) is 17.9 Å². The van der Waals surface area contributed by atoms with Crippen molar-refractivity contribution in [2.75, 3.05) is 19.5 Å². The molecule has 1 N–H and O–H groups in total. The molecular formula is C14H16BrN3O2. The summed E-state index contributed by atoms with van der Waals surface area (Å²) in [4.78, 5) is 8.46. The van der Waals surface area contributed by atoms with E-state index in [1.54, 1.807) is 20.4 Å². The average molecular weight is 338 g/mol. The maximum atomic E-state index is 5.19. The molecule has 0 aliphatic carbocycles. The number of nitrogens with zero attached hydrogens (tertiary/aromatic N) is 2. The van der Waals surface area contributed by atoms with Gasteiger partial charge in [0.25, 0.3) is 0 Å². The van der Waals surface area contributed by atoms with Crippen LogP contribution in [-0.4, -0.2) is 24.2 Å². The maximum absolute atomic E-state index is 5.19. The van der Waals surface area contributed by atoms with Crippen LogP contribution >= 0.6 is 15.9 Å². The van der Waals surface area contributed by atoms with E-state index in [4.69, 9.17) is 9.47 Å². The Labute approximate surface area is 126 Å². The van der Waals surface area contributed by atoms with Gasteiger partial charge in [0.15, 0.2) is 0 Å². The lowest BCUT2D eigenvalue weighted by molar-refractivity contribution is 0.184. The number of benzene rings is 1. The summed E-state index contributed by atoms with van der Waals surface area (Å²) < 4.78 is 11.1. The van der Waals surface area contributed by atoms with Gasteiger partial charge in [0, 0.05) is 13.7 Å². The molecule has 0 unspecified atom stereocenters. The average Bonchev–Trinajstić information content (AvgIpc) is 2.48. The van der Waals surface area contributed by atoms with E-state index < -0.39 is 0 Å². The third-order valence-corrected chi connectivity index (χ3v) is 3.30. The number of methoxy groups -OCH3 is 2. The molecule has 0 saturated carbocycles. The quantitative estimate of drug-likeness (QED) is 0.878. The minimum Gasteiger partial charge on any atom is -0.480 e. The molecule has 1 aromatic heterocycles. The highest BCUT2D eigenvalue weighted by Crippen LogP contribution is 2.22. The van der Waals surface area contributed by atoms with Gasteiger partial charge in [-0.2, -0.15) is 4.98 Å². The van der Waals surface area contributed by atoms with Gasteiger partial charge in [-0.25, -0.2) is 4.98 Å². The molecule has 1 aromatic carbocycles. The first-order valence-electron chi connectivity index (χ1n) is 6.10. The number of aromatic nitrogens is 2. The van der Waals surface area contributed by atoms with Crippen molar-refractivity contribution < 1.29 is 9.47 Å². The van der Waals surface area contributed by atoms with E-state index in [0.717, 1.165) is 15.6 Å².